The molecule has 0 saturated heterocycles. The highest BCUT2D eigenvalue weighted by atomic mass is 16.1. The molecule has 1 nitrogen and oxygen atoms in total. The molecule has 0 heterocycles. The molecule has 0 aliphatic heterocycles. The summed E-state index contributed by atoms with van der Waals surface area (Å²) in [6, 6.07) is 10.1. The quantitative estimate of drug-likeness (QED) is 0.535. The molecule has 0 aromatic heterocycles. The van der Waals surface area contributed by atoms with Crippen LogP contribution in [0.15, 0.2) is 54.6 Å². The van der Waals surface area contributed by atoms with Crippen molar-refractivity contribution >= 4 is 5.78 Å². The molecule has 1 rings (SSSR count). The second-order valence-corrected chi connectivity index (χ2v) is 5.06. The van der Waals surface area contributed by atoms with Gasteiger partial charge in [0.05, 0.1) is 5.41 Å². The third-order valence-electron chi connectivity index (χ3n) is 3.59. The zero-order chi connectivity index (χ0) is 13.8. The van der Waals surface area contributed by atoms with Crippen LogP contribution >= 0.6 is 0 Å². The first-order chi connectivity index (χ1) is 8.41. The molecule has 1 heteroatoms. The minimum absolute atomic E-state index is 0.112. The highest BCUT2D eigenvalue weighted by Gasteiger charge is 2.34. The zero-order valence-corrected chi connectivity index (χ0v) is 11.6. The van der Waals surface area contributed by atoms with Gasteiger partial charge in [-0.25, -0.2) is 0 Å². The largest absolute Gasteiger partial charge is 0.294 e. The van der Waals surface area contributed by atoms with E-state index in [1.807, 2.05) is 51.1 Å². The lowest BCUT2D eigenvalue weighted by molar-refractivity contribution is -0.122. The van der Waals surface area contributed by atoms with Gasteiger partial charge in [-0.2, -0.15) is 0 Å². The van der Waals surface area contributed by atoms with Crippen LogP contribution in [0.1, 0.15) is 32.8 Å². The molecule has 0 saturated carbocycles. The Morgan fingerprint density at radius 1 is 1.22 bits per heavy atom. The summed E-state index contributed by atoms with van der Waals surface area (Å²) in [5.74, 6) is 0.112. The van der Waals surface area contributed by atoms with Crippen molar-refractivity contribution in [1.82, 2.24) is 0 Å². The lowest BCUT2D eigenvalue weighted by Crippen LogP contribution is -2.32. The highest BCUT2D eigenvalue weighted by Crippen LogP contribution is 2.34. The Balaban J connectivity index is 3.05. The SMILES string of the molecule is C=C(CC)C(=O)C(C)(Cc1ccccc1)C(=C)C. The fourth-order valence-electron chi connectivity index (χ4n) is 1.98. The predicted octanol–water partition coefficient (Wildman–Crippen LogP) is 4.35. The van der Waals surface area contributed by atoms with E-state index in [2.05, 4.69) is 13.2 Å². The molecule has 0 aliphatic carbocycles. The lowest BCUT2D eigenvalue weighted by Gasteiger charge is -2.29. The van der Waals surface area contributed by atoms with Crippen molar-refractivity contribution in [2.24, 2.45) is 5.41 Å². The van der Waals surface area contributed by atoms with Crippen LogP contribution in [0.25, 0.3) is 0 Å². The minimum Gasteiger partial charge on any atom is -0.294 e. The molecule has 0 radical (unpaired) electrons. The van der Waals surface area contributed by atoms with Crippen molar-refractivity contribution in [2.75, 3.05) is 0 Å². The van der Waals surface area contributed by atoms with Crippen LogP contribution in [0.2, 0.25) is 0 Å². The van der Waals surface area contributed by atoms with Gasteiger partial charge in [0.2, 0.25) is 0 Å². The standard InChI is InChI=1S/C17H22O/c1-6-14(4)16(18)17(5,13(2)3)12-15-10-8-7-9-11-15/h7-11H,2,4,6,12H2,1,3,5H3. The van der Waals surface area contributed by atoms with E-state index in [0.717, 1.165) is 11.1 Å². The summed E-state index contributed by atoms with van der Waals surface area (Å²) in [5, 5.41) is 0. The lowest BCUT2D eigenvalue weighted by atomic mass is 9.72. The van der Waals surface area contributed by atoms with Gasteiger partial charge in [0.15, 0.2) is 5.78 Å². The summed E-state index contributed by atoms with van der Waals surface area (Å²) in [4.78, 5) is 12.5. The highest BCUT2D eigenvalue weighted by molar-refractivity contribution is 6.01. The Bertz CT molecular complexity index is 456. The number of ketones is 1. The number of hydrogen-bond donors (Lipinski definition) is 0. The summed E-state index contributed by atoms with van der Waals surface area (Å²) >= 11 is 0. The van der Waals surface area contributed by atoms with Crippen molar-refractivity contribution in [3.63, 3.8) is 0 Å². The molecule has 0 amide bonds. The summed E-state index contributed by atoms with van der Waals surface area (Å²) < 4.78 is 0. The molecule has 96 valence electrons. The van der Waals surface area contributed by atoms with Crippen molar-refractivity contribution in [3.8, 4) is 0 Å². The van der Waals surface area contributed by atoms with Gasteiger partial charge in [0, 0.05) is 0 Å². The average Bonchev–Trinajstić information content (AvgIpc) is 2.37. The molecule has 0 fully saturated rings. The number of Topliss-reactive ketones (excluding diaryl/α,β-unsaturated/α-hetero) is 1. The van der Waals surface area contributed by atoms with Crippen LogP contribution < -0.4 is 0 Å². The fraction of sp³-hybridized carbons (Fsp3) is 0.353. The van der Waals surface area contributed by atoms with Crippen LogP contribution in [-0.4, -0.2) is 5.78 Å². The number of carbonyl (C=O) groups is 1. The van der Waals surface area contributed by atoms with Gasteiger partial charge in [0.25, 0.3) is 0 Å². The maximum atomic E-state index is 12.5. The van der Waals surface area contributed by atoms with Crippen LogP contribution in [0.4, 0.5) is 0 Å². The third kappa shape index (κ3) is 2.98. The Hall–Kier alpha value is -1.63. The monoisotopic (exact) mass is 242 g/mol. The first-order valence-electron chi connectivity index (χ1n) is 6.34. The number of allylic oxidation sites excluding steroid dienone is 2. The summed E-state index contributed by atoms with van der Waals surface area (Å²) in [5.41, 5.74) is 2.18. The van der Waals surface area contributed by atoms with Crippen LogP contribution in [0.3, 0.4) is 0 Å². The predicted molar refractivity (Wildman–Crippen MR) is 77.5 cm³/mol. The van der Waals surface area contributed by atoms with E-state index < -0.39 is 5.41 Å². The molecule has 1 aromatic rings. The molecule has 0 bridgehead atoms. The van der Waals surface area contributed by atoms with Gasteiger partial charge in [-0.1, -0.05) is 56.0 Å². The third-order valence-corrected chi connectivity index (χ3v) is 3.59. The van der Waals surface area contributed by atoms with Crippen molar-refractivity contribution in [2.45, 2.75) is 33.6 Å². The number of carbonyl (C=O) groups excluding carboxylic acids is 1. The molecular formula is C17H22O. The molecule has 0 spiro atoms. The number of hydrogen-bond acceptors (Lipinski definition) is 1. The molecule has 0 N–H and O–H groups in total. The van der Waals surface area contributed by atoms with Crippen molar-refractivity contribution < 1.29 is 4.79 Å². The van der Waals surface area contributed by atoms with E-state index in [4.69, 9.17) is 0 Å². The molecular weight excluding hydrogens is 220 g/mol. The summed E-state index contributed by atoms with van der Waals surface area (Å²) in [7, 11) is 0. The summed E-state index contributed by atoms with van der Waals surface area (Å²) in [6.45, 7) is 13.7. The Morgan fingerprint density at radius 3 is 2.22 bits per heavy atom. The van der Waals surface area contributed by atoms with E-state index >= 15 is 0 Å². The van der Waals surface area contributed by atoms with Gasteiger partial charge >= 0.3 is 0 Å². The number of benzene rings is 1. The first-order valence-corrected chi connectivity index (χ1v) is 6.34. The maximum Gasteiger partial charge on any atom is 0.168 e. The normalized spacial score (nSPS) is 13.7. The molecule has 1 aromatic carbocycles. The van der Waals surface area contributed by atoms with E-state index in [1.54, 1.807) is 0 Å². The van der Waals surface area contributed by atoms with Crippen molar-refractivity contribution in [3.05, 3.63) is 60.2 Å². The van der Waals surface area contributed by atoms with E-state index in [0.29, 0.717) is 18.4 Å². The van der Waals surface area contributed by atoms with Gasteiger partial charge in [-0.15, -0.1) is 0 Å². The van der Waals surface area contributed by atoms with Gasteiger partial charge in [0.1, 0.15) is 0 Å². The van der Waals surface area contributed by atoms with Gasteiger partial charge in [-0.3, -0.25) is 4.79 Å². The van der Waals surface area contributed by atoms with Crippen LogP contribution in [-0.2, 0) is 11.2 Å². The topological polar surface area (TPSA) is 17.1 Å². The van der Waals surface area contributed by atoms with E-state index in [1.165, 1.54) is 0 Å². The average molecular weight is 242 g/mol. The Morgan fingerprint density at radius 2 is 1.78 bits per heavy atom. The van der Waals surface area contributed by atoms with E-state index in [-0.39, 0.29) is 5.78 Å². The van der Waals surface area contributed by atoms with Gasteiger partial charge < -0.3 is 0 Å². The van der Waals surface area contributed by atoms with Crippen LogP contribution in [0.5, 0.6) is 0 Å². The maximum absolute atomic E-state index is 12.5. The van der Waals surface area contributed by atoms with Crippen molar-refractivity contribution in [1.29, 1.82) is 0 Å². The van der Waals surface area contributed by atoms with E-state index in [9.17, 15) is 4.79 Å². The Kier molecular flexibility index (Phi) is 4.66. The minimum atomic E-state index is -0.547. The zero-order valence-electron chi connectivity index (χ0n) is 11.6. The summed E-state index contributed by atoms with van der Waals surface area (Å²) in [6.07, 6.45) is 1.37. The molecule has 1 atom stereocenters. The molecule has 0 aliphatic rings. The smallest absolute Gasteiger partial charge is 0.168 e. The second-order valence-electron chi connectivity index (χ2n) is 5.06. The van der Waals surface area contributed by atoms with Gasteiger partial charge in [-0.05, 0) is 37.8 Å². The second kappa shape index (κ2) is 5.81. The molecule has 18 heavy (non-hydrogen) atoms. The fourth-order valence-corrected chi connectivity index (χ4v) is 1.98. The van der Waals surface area contributed by atoms with Crippen LogP contribution in [0, 0.1) is 5.41 Å². The first kappa shape index (κ1) is 14.4. The molecule has 1 unspecified atom stereocenters. The number of rotatable bonds is 6. The Labute approximate surface area is 110 Å².